The van der Waals surface area contributed by atoms with Crippen LogP contribution >= 0.6 is 11.7 Å². The summed E-state index contributed by atoms with van der Waals surface area (Å²) in [5.41, 5.74) is 0.499. The highest BCUT2D eigenvalue weighted by atomic mass is 32.2. The molecular formula is C18H25N5O4S2. The summed E-state index contributed by atoms with van der Waals surface area (Å²) in [5, 5.41) is 5.39. The second-order valence-corrected chi connectivity index (χ2v) is 10.5. The molecule has 0 radical (unpaired) electrons. The molecule has 2 N–H and O–H groups in total. The second-order valence-electron chi connectivity index (χ2n) is 8.11. The van der Waals surface area contributed by atoms with Crippen LogP contribution in [0, 0.1) is 5.92 Å². The molecule has 11 heteroatoms. The highest BCUT2D eigenvalue weighted by Crippen LogP contribution is 2.28. The molecule has 0 bridgehead atoms. The standard InChI is InChI=1S/C18H25N5O4S2/c1-18(2,3)20-15(24)10-19-17(25)12-6-5-9-23(11-12)29(26,27)14-8-4-7-13-16(14)22-28-21-13/h4,7-8,12H,5-6,9-11H2,1-3H3,(H,19,25)(H,20,24)/t12-/m0/s1. The first-order valence-electron chi connectivity index (χ1n) is 9.38. The average molecular weight is 440 g/mol. The number of piperidine rings is 1. The molecule has 2 aromatic rings. The Morgan fingerprint density at radius 1 is 1.28 bits per heavy atom. The van der Waals surface area contributed by atoms with E-state index in [1.165, 1.54) is 10.4 Å². The molecule has 0 saturated carbocycles. The molecule has 1 fully saturated rings. The largest absolute Gasteiger partial charge is 0.350 e. The minimum atomic E-state index is -3.80. The van der Waals surface area contributed by atoms with Gasteiger partial charge in [-0.1, -0.05) is 6.07 Å². The van der Waals surface area contributed by atoms with E-state index >= 15 is 0 Å². The van der Waals surface area contributed by atoms with Crippen LogP contribution in [-0.4, -0.2) is 58.5 Å². The third kappa shape index (κ3) is 5.09. The summed E-state index contributed by atoms with van der Waals surface area (Å²) < 4.78 is 35.8. The lowest BCUT2D eigenvalue weighted by atomic mass is 9.99. The van der Waals surface area contributed by atoms with Crippen LogP contribution in [0.4, 0.5) is 0 Å². The average Bonchev–Trinajstić information content (AvgIpc) is 3.13. The number of hydrogen-bond donors (Lipinski definition) is 2. The third-order valence-corrected chi connectivity index (χ3v) is 7.00. The zero-order chi connectivity index (χ0) is 21.2. The minimum absolute atomic E-state index is 0.0724. The van der Waals surface area contributed by atoms with Gasteiger partial charge in [-0.05, 0) is 45.7 Å². The molecular weight excluding hydrogens is 414 g/mol. The molecule has 0 unspecified atom stereocenters. The van der Waals surface area contributed by atoms with Crippen molar-refractivity contribution in [3.8, 4) is 0 Å². The van der Waals surface area contributed by atoms with Crippen molar-refractivity contribution in [1.82, 2.24) is 23.7 Å². The Morgan fingerprint density at radius 2 is 2.03 bits per heavy atom. The molecule has 1 aromatic carbocycles. The number of sulfonamides is 1. The Hall–Kier alpha value is -2.11. The molecule has 0 aliphatic carbocycles. The number of amides is 2. The molecule has 1 aliphatic heterocycles. The smallest absolute Gasteiger partial charge is 0.245 e. The van der Waals surface area contributed by atoms with Gasteiger partial charge in [-0.3, -0.25) is 9.59 Å². The number of carbonyl (C=O) groups is 2. The van der Waals surface area contributed by atoms with Gasteiger partial charge in [0, 0.05) is 18.6 Å². The number of benzene rings is 1. The fourth-order valence-electron chi connectivity index (χ4n) is 3.28. The van der Waals surface area contributed by atoms with Gasteiger partial charge in [-0.2, -0.15) is 13.1 Å². The van der Waals surface area contributed by atoms with Crippen molar-refractivity contribution in [2.45, 2.75) is 44.0 Å². The Bertz CT molecular complexity index is 1010. The molecule has 29 heavy (non-hydrogen) atoms. The van der Waals surface area contributed by atoms with Crippen molar-refractivity contribution in [2.24, 2.45) is 5.92 Å². The summed E-state index contributed by atoms with van der Waals surface area (Å²) in [6.07, 6.45) is 1.14. The van der Waals surface area contributed by atoms with E-state index in [1.54, 1.807) is 12.1 Å². The van der Waals surface area contributed by atoms with Crippen molar-refractivity contribution < 1.29 is 18.0 Å². The maximum atomic E-state index is 13.2. The van der Waals surface area contributed by atoms with Crippen LogP contribution in [-0.2, 0) is 19.6 Å². The highest BCUT2D eigenvalue weighted by molar-refractivity contribution is 7.89. The van der Waals surface area contributed by atoms with Gasteiger partial charge in [0.2, 0.25) is 21.8 Å². The van der Waals surface area contributed by atoms with Gasteiger partial charge < -0.3 is 10.6 Å². The minimum Gasteiger partial charge on any atom is -0.350 e. The lowest BCUT2D eigenvalue weighted by molar-refractivity contribution is -0.129. The summed E-state index contributed by atoms with van der Waals surface area (Å²) >= 11 is 0.963. The molecule has 3 rings (SSSR count). The van der Waals surface area contributed by atoms with Gasteiger partial charge in [-0.25, -0.2) is 8.42 Å². The van der Waals surface area contributed by atoms with Gasteiger partial charge in [-0.15, -0.1) is 0 Å². The summed E-state index contributed by atoms with van der Waals surface area (Å²) in [6, 6.07) is 4.87. The summed E-state index contributed by atoms with van der Waals surface area (Å²) in [6.45, 7) is 5.84. The fraction of sp³-hybridized carbons (Fsp3) is 0.556. The van der Waals surface area contributed by atoms with Crippen LogP contribution in [0.2, 0.25) is 0 Å². The van der Waals surface area contributed by atoms with Crippen LogP contribution in [0.5, 0.6) is 0 Å². The van der Waals surface area contributed by atoms with Crippen molar-refractivity contribution in [2.75, 3.05) is 19.6 Å². The summed E-state index contributed by atoms with van der Waals surface area (Å²) in [5.74, 6) is -1.11. The molecule has 1 aromatic heterocycles. The SMILES string of the molecule is CC(C)(C)NC(=O)CNC(=O)[C@H]1CCCN(S(=O)(=O)c2cccc3nsnc23)C1. The Kier molecular flexibility index (Phi) is 6.20. The number of hydrogen-bond acceptors (Lipinski definition) is 7. The lowest BCUT2D eigenvalue weighted by Gasteiger charge is -2.31. The molecule has 158 valence electrons. The van der Waals surface area contributed by atoms with Gasteiger partial charge in [0.1, 0.15) is 15.9 Å². The highest BCUT2D eigenvalue weighted by Gasteiger charge is 2.34. The number of carbonyl (C=O) groups excluding carboxylic acids is 2. The van der Waals surface area contributed by atoms with Crippen molar-refractivity contribution in [1.29, 1.82) is 0 Å². The Labute approximate surface area is 174 Å². The van der Waals surface area contributed by atoms with E-state index in [2.05, 4.69) is 19.4 Å². The molecule has 1 saturated heterocycles. The summed E-state index contributed by atoms with van der Waals surface area (Å²) in [4.78, 5) is 24.5. The monoisotopic (exact) mass is 439 g/mol. The Balaban J connectivity index is 1.68. The predicted molar refractivity (Wildman–Crippen MR) is 110 cm³/mol. The van der Waals surface area contributed by atoms with Crippen molar-refractivity contribution in [3.63, 3.8) is 0 Å². The van der Waals surface area contributed by atoms with Gasteiger partial charge in [0.15, 0.2) is 0 Å². The van der Waals surface area contributed by atoms with Crippen LogP contribution < -0.4 is 10.6 Å². The zero-order valence-electron chi connectivity index (χ0n) is 16.6. The zero-order valence-corrected chi connectivity index (χ0v) is 18.3. The fourth-order valence-corrected chi connectivity index (χ4v) is 5.55. The topological polar surface area (TPSA) is 121 Å². The van der Waals surface area contributed by atoms with E-state index in [-0.39, 0.29) is 35.3 Å². The third-order valence-electron chi connectivity index (χ3n) is 4.56. The molecule has 2 heterocycles. The normalized spacial score (nSPS) is 18.5. The van der Waals surface area contributed by atoms with E-state index in [0.717, 1.165) is 11.7 Å². The number of nitrogens with zero attached hydrogens (tertiary/aromatic N) is 3. The maximum absolute atomic E-state index is 13.2. The van der Waals surface area contributed by atoms with Crippen molar-refractivity contribution >= 4 is 44.6 Å². The first kappa shape index (κ1) is 21.6. The van der Waals surface area contributed by atoms with E-state index in [9.17, 15) is 18.0 Å². The quantitative estimate of drug-likeness (QED) is 0.720. The predicted octanol–water partition coefficient (Wildman–Crippen LogP) is 1.12. The van der Waals surface area contributed by atoms with E-state index in [4.69, 9.17) is 0 Å². The molecule has 1 aliphatic rings. The maximum Gasteiger partial charge on any atom is 0.245 e. The van der Waals surface area contributed by atoms with Crippen LogP contribution in [0.3, 0.4) is 0 Å². The van der Waals surface area contributed by atoms with Crippen LogP contribution in [0.1, 0.15) is 33.6 Å². The molecule has 0 spiro atoms. The second kappa shape index (κ2) is 8.33. The molecule has 2 amide bonds. The van der Waals surface area contributed by atoms with Crippen molar-refractivity contribution in [3.05, 3.63) is 18.2 Å². The van der Waals surface area contributed by atoms with E-state index < -0.39 is 15.9 Å². The number of aromatic nitrogens is 2. The lowest BCUT2D eigenvalue weighted by Crippen LogP contribution is -2.49. The number of nitrogens with one attached hydrogen (secondary N) is 2. The summed E-state index contributed by atoms with van der Waals surface area (Å²) in [7, 11) is -3.80. The van der Waals surface area contributed by atoms with E-state index in [1.807, 2.05) is 20.8 Å². The Morgan fingerprint density at radius 3 is 2.76 bits per heavy atom. The first-order valence-corrected chi connectivity index (χ1v) is 11.5. The van der Waals surface area contributed by atoms with Gasteiger partial charge in [0.05, 0.1) is 24.2 Å². The number of rotatable bonds is 5. The van der Waals surface area contributed by atoms with E-state index in [0.29, 0.717) is 30.4 Å². The number of fused-ring (bicyclic) bond motifs is 1. The van der Waals surface area contributed by atoms with Crippen LogP contribution in [0.15, 0.2) is 23.1 Å². The van der Waals surface area contributed by atoms with Gasteiger partial charge >= 0.3 is 0 Å². The first-order chi connectivity index (χ1) is 13.6. The molecule has 9 nitrogen and oxygen atoms in total. The molecule has 1 atom stereocenters. The van der Waals surface area contributed by atoms with Crippen LogP contribution in [0.25, 0.3) is 11.0 Å². The van der Waals surface area contributed by atoms with Gasteiger partial charge in [0.25, 0.3) is 0 Å².